The van der Waals surface area contributed by atoms with Gasteiger partial charge in [0.25, 0.3) is 0 Å². The number of likely N-dealkylation sites (N-methyl/N-ethyl adjacent to an activating group) is 1. The number of phenols is 1. The molecule has 1 aromatic rings. The van der Waals surface area contributed by atoms with E-state index in [2.05, 4.69) is 31.9 Å². The van der Waals surface area contributed by atoms with Crippen LogP contribution in [0.5, 0.6) is 5.75 Å². The van der Waals surface area contributed by atoms with Gasteiger partial charge in [-0.2, -0.15) is 0 Å². The number of aliphatic hydroxyl groups is 4. The van der Waals surface area contributed by atoms with Crippen molar-refractivity contribution in [3.8, 4) is 5.75 Å². The minimum Gasteiger partial charge on any atom is -0.506 e. The van der Waals surface area contributed by atoms with Crippen molar-refractivity contribution in [1.29, 1.82) is 0 Å². The molecule has 23 nitrogen and oxygen atoms in total. The van der Waals surface area contributed by atoms with Gasteiger partial charge >= 0.3 is 5.97 Å². The van der Waals surface area contributed by atoms with Crippen molar-refractivity contribution in [2.75, 3.05) is 7.05 Å². The molecule has 24 heteroatoms. The quantitative estimate of drug-likeness (QED) is 0.0524. The first-order valence-electron chi connectivity index (χ1n) is 22.9. The SMILES string of the molecule is CCCC(=O)N[C@@H](C)C(=O)N[C@H](C(=O)N[C@H](C(=O)N[C@@H](CC(C)C)C(=O)NC1CC[C@@H](O)N([C@H](C(=O)N(C)[C@@H](Cc2ccc(O)c(Cl)c2)C(=O)N[C@H](C(=O)O)C(C)C)[C@@H](C)O)C1=O)[C@@H](C)O)[C@@H](C)O. The maximum absolute atomic E-state index is 14.4. The van der Waals surface area contributed by atoms with Gasteiger partial charge < -0.3 is 72.3 Å². The second-order valence-corrected chi connectivity index (χ2v) is 18.7. The second kappa shape index (κ2) is 27.0. The van der Waals surface area contributed by atoms with Gasteiger partial charge in [0.2, 0.25) is 47.3 Å². The average Bonchev–Trinajstić information content (AvgIpc) is 3.24. The molecule has 1 aromatic carbocycles. The lowest BCUT2D eigenvalue weighted by molar-refractivity contribution is -0.170. The molecule has 0 bridgehead atoms. The van der Waals surface area contributed by atoms with Gasteiger partial charge in [-0.25, -0.2) is 4.79 Å². The summed E-state index contributed by atoms with van der Waals surface area (Å²) in [4.78, 5) is 122. The fraction of sp³-hybridized carbons (Fsp3) is 0.667. The van der Waals surface area contributed by atoms with Crippen molar-refractivity contribution in [2.45, 2.75) is 174 Å². The zero-order valence-electron chi connectivity index (χ0n) is 40.7. The normalized spacial score (nSPS) is 19.3. The van der Waals surface area contributed by atoms with Crippen LogP contribution in [0.1, 0.15) is 100.0 Å². The van der Waals surface area contributed by atoms with Crippen LogP contribution >= 0.6 is 11.6 Å². The lowest BCUT2D eigenvalue weighted by Gasteiger charge is -2.43. The fourth-order valence-corrected chi connectivity index (χ4v) is 7.73. The summed E-state index contributed by atoms with van der Waals surface area (Å²) in [5.41, 5.74) is 0.331. The number of amides is 8. The van der Waals surface area contributed by atoms with Crippen molar-refractivity contribution in [1.82, 2.24) is 41.7 Å². The number of hydrogen-bond donors (Lipinski definition) is 12. The van der Waals surface area contributed by atoms with Gasteiger partial charge in [0.1, 0.15) is 60.3 Å². The molecule has 0 aliphatic carbocycles. The van der Waals surface area contributed by atoms with Crippen LogP contribution in [0, 0.1) is 11.8 Å². The van der Waals surface area contributed by atoms with E-state index >= 15 is 0 Å². The summed E-state index contributed by atoms with van der Waals surface area (Å²) in [6.45, 7) is 13.2. The van der Waals surface area contributed by atoms with Gasteiger partial charge in [0, 0.05) is 19.9 Å². The van der Waals surface area contributed by atoms with Gasteiger partial charge in [0.15, 0.2) is 0 Å². The number of hydrogen-bond acceptors (Lipinski definition) is 14. The molecule has 388 valence electrons. The molecular formula is C45H71ClN8O15. The number of carboxylic acid groups (broad SMARTS) is 1. The highest BCUT2D eigenvalue weighted by atomic mass is 35.5. The van der Waals surface area contributed by atoms with Crippen LogP contribution in [-0.2, 0) is 49.6 Å². The van der Waals surface area contributed by atoms with E-state index in [1.807, 2.05) is 0 Å². The van der Waals surface area contributed by atoms with Crippen LogP contribution in [0.25, 0.3) is 0 Å². The summed E-state index contributed by atoms with van der Waals surface area (Å²) < 4.78 is 0. The van der Waals surface area contributed by atoms with Gasteiger partial charge in [-0.3, -0.25) is 38.4 Å². The zero-order valence-corrected chi connectivity index (χ0v) is 41.4. The Morgan fingerprint density at radius 3 is 1.81 bits per heavy atom. The summed E-state index contributed by atoms with van der Waals surface area (Å²) in [5, 5.41) is 77.5. The molecule has 1 unspecified atom stereocenters. The molecule has 1 saturated heterocycles. The maximum Gasteiger partial charge on any atom is 0.326 e. The highest BCUT2D eigenvalue weighted by Crippen LogP contribution is 2.27. The third-order valence-electron chi connectivity index (χ3n) is 11.4. The molecule has 1 fully saturated rings. The average molecular weight is 1000 g/mol. The number of carboxylic acids is 1. The first-order chi connectivity index (χ1) is 32.0. The molecule has 0 spiro atoms. The molecule has 12 N–H and O–H groups in total. The number of phenolic OH excluding ortho intramolecular Hbond substituents is 1. The number of aliphatic carboxylic acids is 1. The van der Waals surface area contributed by atoms with Crippen molar-refractivity contribution < 1.29 is 73.8 Å². The number of aliphatic hydroxyl groups excluding tert-OH is 4. The first-order valence-corrected chi connectivity index (χ1v) is 23.2. The first kappa shape index (κ1) is 59.5. The van der Waals surface area contributed by atoms with Crippen LogP contribution in [0.4, 0.5) is 0 Å². The van der Waals surface area contributed by atoms with Crippen LogP contribution in [0.15, 0.2) is 18.2 Å². The molecular weight excluding hydrogens is 928 g/mol. The molecule has 12 atom stereocenters. The Labute approximate surface area is 406 Å². The zero-order chi connectivity index (χ0) is 52.8. The second-order valence-electron chi connectivity index (χ2n) is 18.3. The van der Waals surface area contributed by atoms with Gasteiger partial charge in [-0.15, -0.1) is 0 Å². The number of likely N-dealkylation sites (tertiary alicyclic amines) is 1. The number of nitrogens with one attached hydrogen (secondary N) is 6. The molecule has 8 amide bonds. The largest absolute Gasteiger partial charge is 0.506 e. The molecule has 0 saturated carbocycles. The summed E-state index contributed by atoms with van der Waals surface area (Å²) in [5.74, 6) is -9.85. The Morgan fingerprint density at radius 2 is 1.32 bits per heavy atom. The number of carbonyl (C=O) groups is 9. The predicted molar refractivity (Wildman–Crippen MR) is 248 cm³/mol. The Kier molecular flexibility index (Phi) is 23.2. The van der Waals surface area contributed by atoms with Crippen LogP contribution in [0.2, 0.25) is 5.02 Å². The number of nitrogens with zero attached hydrogens (tertiary/aromatic N) is 2. The number of halogens is 1. The summed E-state index contributed by atoms with van der Waals surface area (Å²) in [6, 6.07) is -8.17. The molecule has 69 heavy (non-hydrogen) atoms. The van der Waals surface area contributed by atoms with E-state index in [4.69, 9.17) is 11.6 Å². The Bertz CT molecular complexity index is 2000. The number of benzene rings is 1. The standard InChI is InChI=1S/C45H71ClN8O15/c1-11-12-32(59)47-22(6)38(61)51-36(24(8)56)42(65)52-35(23(7)55)41(64)49-29(17-20(2)3)39(62)48-28-14-16-33(60)54(43(28)66)37(25(9)57)44(67)53(10)30(19-26-13-15-31(58)27(46)18-26)40(63)50-34(21(4)5)45(68)69/h13,15,18,20-25,28-30,33-37,55-58,60H,11-12,14,16-17,19H2,1-10H3,(H,47,59)(H,48,62)(H,49,64)(H,50,63)(H,51,61)(H,52,65)(H,68,69)/t22-,23+,24+,25+,28?,29-,30-,33+,34-,35-,36-,37-/m0/s1. The highest BCUT2D eigenvalue weighted by Gasteiger charge is 2.47. The lowest BCUT2D eigenvalue weighted by Crippen LogP contribution is -2.67. The predicted octanol–water partition coefficient (Wildman–Crippen LogP) is -1.62. The van der Waals surface area contributed by atoms with E-state index in [-0.39, 0.29) is 48.8 Å². The van der Waals surface area contributed by atoms with E-state index in [9.17, 15) is 73.8 Å². The van der Waals surface area contributed by atoms with E-state index < -0.39 is 132 Å². The molecule has 2 rings (SSSR count). The molecule has 0 aromatic heterocycles. The Hall–Kier alpha value is -5.62. The van der Waals surface area contributed by atoms with Gasteiger partial charge in [0.05, 0.1) is 23.3 Å². The topological polar surface area (TPSA) is 354 Å². The van der Waals surface area contributed by atoms with Crippen molar-refractivity contribution >= 4 is 64.8 Å². The lowest BCUT2D eigenvalue weighted by atomic mass is 9.96. The number of aromatic hydroxyl groups is 1. The van der Waals surface area contributed by atoms with Crippen molar-refractivity contribution in [3.63, 3.8) is 0 Å². The van der Waals surface area contributed by atoms with Gasteiger partial charge in [-0.1, -0.05) is 52.3 Å². The fourth-order valence-electron chi connectivity index (χ4n) is 7.53. The van der Waals surface area contributed by atoms with Crippen LogP contribution in [-0.4, -0.2) is 174 Å². The minimum absolute atomic E-state index is 0.0475. The monoisotopic (exact) mass is 998 g/mol. The molecule has 0 radical (unpaired) electrons. The number of carbonyl (C=O) groups excluding carboxylic acids is 8. The summed E-state index contributed by atoms with van der Waals surface area (Å²) in [7, 11) is 1.18. The summed E-state index contributed by atoms with van der Waals surface area (Å²) >= 11 is 6.12. The Morgan fingerprint density at radius 1 is 0.768 bits per heavy atom. The molecule has 1 heterocycles. The Balaban J connectivity index is 2.41. The maximum atomic E-state index is 14.4. The minimum atomic E-state index is -1.88. The molecule has 1 aliphatic rings. The highest BCUT2D eigenvalue weighted by molar-refractivity contribution is 6.32. The van der Waals surface area contributed by atoms with E-state index in [0.717, 1.165) is 18.7 Å². The van der Waals surface area contributed by atoms with E-state index in [1.54, 1.807) is 34.6 Å². The third-order valence-corrected chi connectivity index (χ3v) is 11.7. The van der Waals surface area contributed by atoms with Gasteiger partial charge in [-0.05, 0) is 82.9 Å². The van der Waals surface area contributed by atoms with Crippen molar-refractivity contribution in [2.24, 2.45) is 11.8 Å². The number of rotatable bonds is 25. The van der Waals surface area contributed by atoms with E-state index in [1.165, 1.54) is 39.1 Å². The number of piperidine rings is 1. The van der Waals surface area contributed by atoms with Crippen LogP contribution in [0.3, 0.4) is 0 Å². The smallest absolute Gasteiger partial charge is 0.326 e. The van der Waals surface area contributed by atoms with Crippen molar-refractivity contribution in [3.05, 3.63) is 28.8 Å². The molecule has 1 aliphatic heterocycles. The third kappa shape index (κ3) is 17.1. The van der Waals surface area contributed by atoms with Crippen LogP contribution < -0.4 is 31.9 Å². The van der Waals surface area contributed by atoms with E-state index in [0.29, 0.717) is 16.9 Å². The summed E-state index contributed by atoms with van der Waals surface area (Å²) in [6.07, 6.45) is -6.62.